The van der Waals surface area contributed by atoms with Crippen LogP contribution in [0.3, 0.4) is 0 Å². The molecule has 19 heavy (non-hydrogen) atoms. The van der Waals surface area contributed by atoms with Crippen molar-refractivity contribution in [2.45, 2.75) is 6.42 Å². The van der Waals surface area contributed by atoms with Crippen LogP contribution in [0.5, 0.6) is 5.75 Å². The Bertz CT molecular complexity index is 476. The number of hydrogen-bond donors (Lipinski definition) is 1. The number of methoxy groups -OCH3 is 1. The number of carbonyl (C=O) groups is 1. The van der Waals surface area contributed by atoms with Crippen molar-refractivity contribution in [1.82, 2.24) is 4.90 Å². The van der Waals surface area contributed by atoms with Crippen LogP contribution in [0.15, 0.2) is 18.2 Å². The molecule has 104 valence electrons. The quantitative estimate of drug-likeness (QED) is 0.613. The summed E-state index contributed by atoms with van der Waals surface area (Å²) in [6.45, 7) is 1.02. The highest BCUT2D eigenvalue weighted by Crippen LogP contribution is 2.25. The van der Waals surface area contributed by atoms with Gasteiger partial charge in [-0.15, -0.1) is 0 Å². The van der Waals surface area contributed by atoms with Crippen LogP contribution >= 0.6 is 0 Å². The lowest BCUT2D eigenvalue weighted by Gasteiger charge is -2.18. The van der Waals surface area contributed by atoms with Crippen LogP contribution in [0.25, 0.3) is 0 Å². The van der Waals surface area contributed by atoms with Crippen molar-refractivity contribution in [1.29, 1.82) is 0 Å². The highest BCUT2D eigenvalue weighted by atomic mass is 16.6. The SMILES string of the molecule is COc1cc([N+](=O)[O-])ccc1C(=O)N(C)CCCN. The maximum Gasteiger partial charge on any atom is 0.273 e. The summed E-state index contributed by atoms with van der Waals surface area (Å²) < 4.78 is 5.04. The lowest BCUT2D eigenvalue weighted by atomic mass is 10.1. The number of nitro groups is 1. The van der Waals surface area contributed by atoms with Gasteiger partial charge in [-0.05, 0) is 19.0 Å². The summed E-state index contributed by atoms with van der Waals surface area (Å²) in [4.78, 5) is 23.8. The molecule has 7 nitrogen and oxygen atoms in total. The molecule has 0 heterocycles. The van der Waals surface area contributed by atoms with Crippen molar-refractivity contribution in [2.24, 2.45) is 5.73 Å². The number of nitrogens with zero attached hydrogens (tertiary/aromatic N) is 2. The van der Waals surface area contributed by atoms with Crippen molar-refractivity contribution in [3.63, 3.8) is 0 Å². The van der Waals surface area contributed by atoms with Gasteiger partial charge in [0.05, 0.1) is 23.7 Å². The number of nitro benzene ring substituents is 1. The third-order valence-corrected chi connectivity index (χ3v) is 2.67. The van der Waals surface area contributed by atoms with Crippen molar-refractivity contribution >= 4 is 11.6 Å². The van der Waals surface area contributed by atoms with E-state index in [1.165, 1.54) is 30.2 Å². The molecule has 7 heteroatoms. The Morgan fingerprint density at radius 3 is 2.74 bits per heavy atom. The van der Waals surface area contributed by atoms with E-state index >= 15 is 0 Å². The maximum atomic E-state index is 12.1. The molecule has 0 aromatic heterocycles. The Hall–Kier alpha value is -2.15. The van der Waals surface area contributed by atoms with Gasteiger partial charge >= 0.3 is 0 Å². The Labute approximate surface area is 111 Å². The maximum absolute atomic E-state index is 12.1. The number of nitrogens with two attached hydrogens (primary N) is 1. The normalized spacial score (nSPS) is 10.1. The third-order valence-electron chi connectivity index (χ3n) is 2.67. The van der Waals surface area contributed by atoms with Gasteiger partial charge in [-0.2, -0.15) is 0 Å². The zero-order chi connectivity index (χ0) is 14.4. The fourth-order valence-electron chi connectivity index (χ4n) is 1.61. The fraction of sp³-hybridized carbons (Fsp3) is 0.417. The number of hydrogen-bond acceptors (Lipinski definition) is 5. The van der Waals surface area contributed by atoms with Crippen LogP contribution in [0.1, 0.15) is 16.8 Å². The van der Waals surface area contributed by atoms with E-state index in [0.29, 0.717) is 25.1 Å². The first-order chi connectivity index (χ1) is 9.01. The summed E-state index contributed by atoms with van der Waals surface area (Å²) in [5.41, 5.74) is 5.57. The molecule has 0 bridgehead atoms. The minimum atomic E-state index is -0.533. The van der Waals surface area contributed by atoms with Crippen LogP contribution in [-0.2, 0) is 0 Å². The van der Waals surface area contributed by atoms with E-state index in [9.17, 15) is 14.9 Å². The molecule has 0 atom stereocenters. The number of ether oxygens (including phenoxy) is 1. The summed E-state index contributed by atoms with van der Waals surface area (Å²) >= 11 is 0. The van der Waals surface area contributed by atoms with Gasteiger partial charge in [0.1, 0.15) is 5.75 Å². The summed E-state index contributed by atoms with van der Waals surface area (Å²) in [6.07, 6.45) is 0.692. The Kier molecular flexibility index (Phi) is 5.25. The van der Waals surface area contributed by atoms with Crippen LogP contribution < -0.4 is 10.5 Å². The molecule has 0 saturated heterocycles. The van der Waals surface area contributed by atoms with Crippen molar-refractivity contribution in [2.75, 3.05) is 27.2 Å². The van der Waals surface area contributed by atoms with Crippen LogP contribution in [-0.4, -0.2) is 43.0 Å². The molecule has 1 aromatic carbocycles. The molecule has 2 N–H and O–H groups in total. The molecule has 0 aliphatic carbocycles. The van der Waals surface area contributed by atoms with Gasteiger partial charge in [0, 0.05) is 19.7 Å². The molecular formula is C12H17N3O4. The molecule has 0 aliphatic heterocycles. The molecule has 0 unspecified atom stereocenters. The van der Waals surface area contributed by atoms with Crippen molar-refractivity contribution < 1.29 is 14.5 Å². The van der Waals surface area contributed by atoms with Gasteiger partial charge in [-0.3, -0.25) is 14.9 Å². The second-order valence-corrected chi connectivity index (χ2v) is 4.01. The smallest absolute Gasteiger partial charge is 0.273 e. The average molecular weight is 267 g/mol. The van der Waals surface area contributed by atoms with E-state index < -0.39 is 4.92 Å². The van der Waals surface area contributed by atoms with Crippen LogP contribution in [0.4, 0.5) is 5.69 Å². The van der Waals surface area contributed by atoms with Gasteiger partial charge < -0.3 is 15.4 Å². The number of benzene rings is 1. The molecule has 0 radical (unpaired) electrons. The number of carbonyl (C=O) groups excluding carboxylic acids is 1. The topological polar surface area (TPSA) is 98.7 Å². The first kappa shape index (κ1) is 14.9. The summed E-state index contributed by atoms with van der Waals surface area (Å²) in [5, 5.41) is 10.7. The minimum absolute atomic E-state index is 0.113. The molecule has 1 rings (SSSR count). The summed E-state index contributed by atoms with van der Waals surface area (Å²) in [5.74, 6) is -0.0565. The predicted octanol–water partition coefficient (Wildman–Crippen LogP) is 1.02. The van der Waals surface area contributed by atoms with Gasteiger partial charge in [0.2, 0.25) is 0 Å². The first-order valence-corrected chi connectivity index (χ1v) is 5.79. The van der Waals surface area contributed by atoms with Gasteiger partial charge in [-0.25, -0.2) is 0 Å². The Morgan fingerprint density at radius 2 is 2.21 bits per heavy atom. The molecule has 0 fully saturated rings. The Morgan fingerprint density at radius 1 is 1.53 bits per heavy atom. The van der Waals surface area contributed by atoms with Gasteiger partial charge in [-0.1, -0.05) is 0 Å². The lowest BCUT2D eigenvalue weighted by Crippen LogP contribution is -2.29. The first-order valence-electron chi connectivity index (χ1n) is 5.79. The number of amides is 1. The highest BCUT2D eigenvalue weighted by molar-refractivity contribution is 5.97. The predicted molar refractivity (Wildman–Crippen MR) is 70.3 cm³/mol. The van der Waals surface area contributed by atoms with Crippen LogP contribution in [0.2, 0.25) is 0 Å². The molecule has 1 aromatic rings. The third kappa shape index (κ3) is 3.65. The van der Waals surface area contributed by atoms with E-state index in [0.717, 1.165) is 0 Å². The van der Waals surface area contributed by atoms with Crippen molar-refractivity contribution in [3.8, 4) is 5.75 Å². The average Bonchev–Trinajstić information content (AvgIpc) is 2.42. The van der Waals surface area contributed by atoms with E-state index in [1.807, 2.05) is 0 Å². The monoisotopic (exact) mass is 267 g/mol. The molecule has 0 spiro atoms. The highest BCUT2D eigenvalue weighted by Gasteiger charge is 2.19. The van der Waals surface area contributed by atoms with E-state index in [1.54, 1.807) is 7.05 Å². The zero-order valence-electron chi connectivity index (χ0n) is 11.0. The summed E-state index contributed by atoms with van der Waals surface area (Å²) in [6, 6.07) is 3.93. The summed E-state index contributed by atoms with van der Waals surface area (Å²) in [7, 11) is 3.02. The molecule has 0 saturated carbocycles. The number of rotatable bonds is 6. The van der Waals surface area contributed by atoms with E-state index in [4.69, 9.17) is 10.5 Å². The van der Waals surface area contributed by atoms with Crippen molar-refractivity contribution in [3.05, 3.63) is 33.9 Å². The molecule has 1 amide bonds. The molecular weight excluding hydrogens is 250 g/mol. The standard InChI is InChI=1S/C12H17N3O4/c1-14(7-3-6-13)12(16)10-5-4-9(15(17)18)8-11(10)19-2/h4-5,8H,3,6-7,13H2,1-2H3. The van der Waals surface area contributed by atoms with E-state index in [2.05, 4.69) is 0 Å². The zero-order valence-corrected chi connectivity index (χ0v) is 11.0. The second kappa shape index (κ2) is 6.69. The number of non-ortho nitro benzene ring substituents is 1. The molecule has 0 aliphatic rings. The van der Waals surface area contributed by atoms with Gasteiger partial charge in [0.15, 0.2) is 0 Å². The fourth-order valence-corrected chi connectivity index (χ4v) is 1.61. The second-order valence-electron chi connectivity index (χ2n) is 4.01. The van der Waals surface area contributed by atoms with Gasteiger partial charge in [0.25, 0.3) is 11.6 Å². The Balaban J connectivity index is 2.99. The van der Waals surface area contributed by atoms with E-state index in [-0.39, 0.29) is 17.3 Å². The van der Waals surface area contributed by atoms with Crippen LogP contribution in [0, 0.1) is 10.1 Å². The minimum Gasteiger partial charge on any atom is -0.496 e. The lowest BCUT2D eigenvalue weighted by molar-refractivity contribution is -0.384. The largest absolute Gasteiger partial charge is 0.496 e.